The summed E-state index contributed by atoms with van der Waals surface area (Å²) in [6, 6.07) is 0. The van der Waals surface area contributed by atoms with Crippen LogP contribution in [0.5, 0.6) is 0 Å². The van der Waals surface area contributed by atoms with Gasteiger partial charge in [-0.1, -0.05) is 6.92 Å². The monoisotopic (exact) mass is 186 g/mol. The fourth-order valence-corrected chi connectivity index (χ4v) is 1.80. The number of piperidine rings is 1. The molecule has 1 fully saturated rings. The lowest BCUT2D eigenvalue weighted by atomic mass is 9.96. The Balaban J connectivity index is 2.14. The highest BCUT2D eigenvalue weighted by Crippen LogP contribution is 2.16. The Kier molecular flexibility index (Phi) is 4.70. The summed E-state index contributed by atoms with van der Waals surface area (Å²) in [7, 11) is 1.98. The van der Waals surface area contributed by atoms with E-state index in [0.717, 1.165) is 32.6 Å². The Morgan fingerprint density at radius 1 is 1.54 bits per heavy atom. The second-order valence-corrected chi connectivity index (χ2v) is 4.09. The Bertz CT molecular complexity index is 141. The standard InChI is InChI=1S/C10H22N2O/c1-9-4-7-12(8-10(9)13)6-3-5-11-2/h9-11,13H,3-8H2,1-2H3. The minimum Gasteiger partial charge on any atom is -0.392 e. The highest BCUT2D eigenvalue weighted by molar-refractivity contribution is 4.77. The lowest BCUT2D eigenvalue weighted by Crippen LogP contribution is -2.43. The molecule has 3 nitrogen and oxygen atoms in total. The predicted molar refractivity (Wildman–Crippen MR) is 54.8 cm³/mol. The summed E-state index contributed by atoms with van der Waals surface area (Å²) >= 11 is 0. The van der Waals surface area contributed by atoms with E-state index >= 15 is 0 Å². The second-order valence-electron chi connectivity index (χ2n) is 4.09. The van der Waals surface area contributed by atoms with Crippen LogP contribution in [0.2, 0.25) is 0 Å². The van der Waals surface area contributed by atoms with Gasteiger partial charge >= 0.3 is 0 Å². The third kappa shape index (κ3) is 3.63. The van der Waals surface area contributed by atoms with Crippen LogP contribution in [0.4, 0.5) is 0 Å². The van der Waals surface area contributed by atoms with Crippen LogP contribution in [0, 0.1) is 5.92 Å². The largest absolute Gasteiger partial charge is 0.392 e. The van der Waals surface area contributed by atoms with Crippen molar-refractivity contribution >= 4 is 0 Å². The van der Waals surface area contributed by atoms with Gasteiger partial charge in [0.05, 0.1) is 6.10 Å². The molecule has 2 atom stereocenters. The Morgan fingerprint density at radius 2 is 2.31 bits per heavy atom. The number of likely N-dealkylation sites (tertiary alicyclic amines) is 1. The SMILES string of the molecule is CNCCCN1CCC(C)C(O)C1. The van der Waals surface area contributed by atoms with Gasteiger partial charge < -0.3 is 15.3 Å². The Morgan fingerprint density at radius 3 is 2.92 bits per heavy atom. The maximum atomic E-state index is 9.65. The summed E-state index contributed by atoms with van der Waals surface area (Å²) < 4.78 is 0. The molecule has 0 aromatic heterocycles. The van der Waals surface area contributed by atoms with Gasteiger partial charge in [0.25, 0.3) is 0 Å². The van der Waals surface area contributed by atoms with Crippen molar-refractivity contribution in [3.8, 4) is 0 Å². The zero-order valence-corrected chi connectivity index (χ0v) is 8.79. The molecule has 0 bridgehead atoms. The number of aliphatic hydroxyl groups is 1. The van der Waals surface area contributed by atoms with Crippen LogP contribution in [0.15, 0.2) is 0 Å². The molecule has 0 aliphatic carbocycles. The fraction of sp³-hybridized carbons (Fsp3) is 1.00. The minimum atomic E-state index is -0.108. The third-order valence-electron chi connectivity index (χ3n) is 2.90. The van der Waals surface area contributed by atoms with Crippen LogP contribution in [-0.4, -0.2) is 49.3 Å². The molecule has 0 spiro atoms. The van der Waals surface area contributed by atoms with Crippen molar-refractivity contribution in [1.82, 2.24) is 10.2 Å². The fourth-order valence-electron chi connectivity index (χ4n) is 1.80. The molecule has 78 valence electrons. The summed E-state index contributed by atoms with van der Waals surface area (Å²) in [6.45, 7) is 6.34. The van der Waals surface area contributed by atoms with Gasteiger partial charge in [-0.15, -0.1) is 0 Å². The average molecular weight is 186 g/mol. The number of β-amino-alcohol motifs (C(OH)–C–C–N with tert-alkyl or cyclic N) is 1. The van der Waals surface area contributed by atoms with Crippen LogP contribution < -0.4 is 5.32 Å². The van der Waals surface area contributed by atoms with Gasteiger partial charge in [0.1, 0.15) is 0 Å². The van der Waals surface area contributed by atoms with Gasteiger partial charge in [0, 0.05) is 6.54 Å². The van der Waals surface area contributed by atoms with E-state index in [-0.39, 0.29) is 6.10 Å². The topological polar surface area (TPSA) is 35.5 Å². The van der Waals surface area contributed by atoms with Crippen molar-refractivity contribution in [2.45, 2.75) is 25.9 Å². The van der Waals surface area contributed by atoms with Crippen molar-refractivity contribution in [1.29, 1.82) is 0 Å². The predicted octanol–water partition coefficient (Wildman–Crippen LogP) is 0.299. The minimum absolute atomic E-state index is 0.108. The Labute approximate surface area is 81.1 Å². The number of hydrogen-bond donors (Lipinski definition) is 2. The maximum absolute atomic E-state index is 9.65. The summed E-state index contributed by atoms with van der Waals surface area (Å²) in [6.07, 6.45) is 2.21. The van der Waals surface area contributed by atoms with Gasteiger partial charge in [-0.05, 0) is 45.4 Å². The number of aliphatic hydroxyl groups excluding tert-OH is 1. The van der Waals surface area contributed by atoms with Gasteiger partial charge in [-0.2, -0.15) is 0 Å². The molecule has 0 radical (unpaired) electrons. The maximum Gasteiger partial charge on any atom is 0.0693 e. The molecule has 1 aliphatic rings. The molecule has 1 rings (SSSR count). The van der Waals surface area contributed by atoms with Gasteiger partial charge in [-0.3, -0.25) is 0 Å². The number of nitrogens with one attached hydrogen (secondary N) is 1. The van der Waals surface area contributed by atoms with E-state index in [1.54, 1.807) is 0 Å². The van der Waals surface area contributed by atoms with Crippen LogP contribution >= 0.6 is 0 Å². The van der Waals surface area contributed by atoms with Crippen LogP contribution in [0.25, 0.3) is 0 Å². The molecule has 0 aromatic carbocycles. The second kappa shape index (κ2) is 5.58. The van der Waals surface area contributed by atoms with E-state index in [0.29, 0.717) is 5.92 Å². The first-order valence-corrected chi connectivity index (χ1v) is 5.29. The highest BCUT2D eigenvalue weighted by atomic mass is 16.3. The first kappa shape index (κ1) is 11.0. The van der Waals surface area contributed by atoms with Crippen molar-refractivity contribution < 1.29 is 5.11 Å². The molecule has 1 aliphatic heterocycles. The quantitative estimate of drug-likeness (QED) is 0.620. The molecule has 1 saturated heterocycles. The summed E-state index contributed by atoms with van der Waals surface area (Å²) in [5.41, 5.74) is 0. The first-order valence-electron chi connectivity index (χ1n) is 5.29. The highest BCUT2D eigenvalue weighted by Gasteiger charge is 2.23. The number of rotatable bonds is 4. The molecule has 0 saturated carbocycles. The zero-order chi connectivity index (χ0) is 9.68. The van der Waals surface area contributed by atoms with Gasteiger partial charge in [-0.25, -0.2) is 0 Å². The van der Waals surface area contributed by atoms with E-state index in [9.17, 15) is 5.11 Å². The van der Waals surface area contributed by atoms with Crippen LogP contribution in [0.3, 0.4) is 0 Å². The Hall–Kier alpha value is -0.120. The smallest absolute Gasteiger partial charge is 0.0693 e. The summed E-state index contributed by atoms with van der Waals surface area (Å²) in [5, 5.41) is 12.8. The summed E-state index contributed by atoms with van der Waals surface area (Å²) in [4.78, 5) is 2.36. The normalized spacial score (nSPS) is 30.7. The van der Waals surface area contributed by atoms with Crippen LogP contribution in [0.1, 0.15) is 19.8 Å². The molecule has 0 amide bonds. The van der Waals surface area contributed by atoms with Crippen molar-refractivity contribution in [3.63, 3.8) is 0 Å². The molecule has 3 heteroatoms. The van der Waals surface area contributed by atoms with Crippen molar-refractivity contribution in [2.24, 2.45) is 5.92 Å². The first-order chi connectivity index (χ1) is 6.24. The van der Waals surface area contributed by atoms with Crippen molar-refractivity contribution in [3.05, 3.63) is 0 Å². The van der Waals surface area contributed by atoms with Gasteiger partial charge in [0.15, 0.2) is 0 Å². The number of hydrogen-bond acceptors (Lipinski definition) is 3. The van der Waals surface area contributed by atoms with E-state index in [1.165, 1.54) is 6.42 Å². The number of nitrogens with zero attached hydrogens (tertiary/aromatic N) is 1. The molecule has 2 N–H and O–H groups in total. The van der Waals surface area contributed by atoms with E-state index in [4.69, 9.17) is 0 Å². The molecule has 2 unspecified atom stereocenters. The van der Waals surface area contributed by atoms with Gasteiger partial charge in [0.2, 0.25) is 0 Å². The average Bonchev–Trinajstić information content (AvgIpc) is 2.12. The molecular weight excluding hydrogens is 164 g/mol. The molecule has 13 heavy (non-hydrogen) atoms. The van der Waals surface area contributed by atoms with E-state index in [2.05, 4.69) is 17.1 Å². The zero-order valence-electron chi connectivity index (χ0n) is 8.79. The molecule has 0 aromatic rings. The summed E-state index contributed by atoms with van der Waals surface area (Å²) in [5.74, 6) is 0.487. The molecular formula is C10H22N2O. The lowest BCUT2D eigenvalue weighted by Gasteiger charge is -2.34. The van der Waals surface area contributed by atoms with E-state index < -0.39 is 0 Å². The third-order valence-corrected chi connectivity index (χ3v) is 2.90. The lowest BCUT2D eigenvalue weighted by molar-refractivity contribution is 0.0290. The molecule has 1 heterocycles. The van der Waals surface area contributed by atoms with Crippen molar-refractivity contribution in [2.75, 3.05) is 33.2 Å². The van der Waals surface area contributed by atoms with E-state index in [1.807, 2.05) is 7.05 Å². The van der Waals surface area contributed by atoms with Crippen LogP contribution in [-0.2, 0) is 0 Å².